The number of benzene rings is 2. The number of rotatable bonds is 2. The summed E-state index contributed by atoms with van der Waals surface area (Å²) >= 11 is -5.86. The minimum absolute atomic E-state index is 1.00. The summed E-state index contributed by atoms with van der Waals surface area (Å²) in [7, 11) is 5.49. The molecule has 0 atom stereocenters. The Bertz CT molecular complexity index is 1030. The predicted octanol–water partition coefficient (Wildman–Crippen LogP) is 8.14. The van der Waals surface area contributed by atoms with Crippen molar-refractivity contribution in [2.24, 2.45) is 0 Å². The normalized spacial score (nSPS) is 14.4. The van der Waals surface area contributed by atoms with E-state index in [1.807, 2.05) is 0 Å². The van der Waals surface area contributed by atoms with E-state index in [-0.39, 0.29) is 0 Å². The fraction of sp³-hybridized carbons (Fsp3) is 0.333. The van der Waals surface area contributed by atoms with Crippen molar-refractivity contribution in [3.05, 3.63) is 57.6 Å². The van der Waals surface area contributed by atoms with E-state index in [4.69, 9.17) is 9.95 Å². The molecule has 0 N–H and O–H groups in total. The Hall–Kier alpha value is -1.97. The van der Waals surface area contributed by atoms with E-state index in [1.165, 1.54) is 0 Å². The zero-order valence-corrected chi connectivity index (χ0v) is 19.6. The van der Waals surface area contributed by atoms with Crippen molar-refractivity contribution in [1.82, 2.24) is 0 Å². The molecule has 2 aromatic rings. The van der Waals surface area contributed by atoms with E-state index in [0.29, 0.717) is 0 Å². The Morgan fingerprint density at radius 1 is 0.368 bits per heavy atom. The molecule has 0 fully saturated rings. The van der Waals surface area contributed by atoms with E-state index in [0.717, 1.165) is 0 Å². The van der Waals surface area contributed by atoms with Gasteiger partial charge in [0, 0.05) is 0 Å². The second-order valence-electron chi connectivity index (χ2n) is 7.11. The van der Waals surface area contributed by atoms with E-state index in [1.54, 1.807) is 0 Å². The van der Waals surface area contributed by atoms with Gasteiger partial charge in [-0.05, 0) is 0 Å². The summed E-state index contributed by atoms with van der Waals surface area (Å²) in [6.07, 6.45) is -36.8. The van der Waals surface area contributed by atoms with Crippen LogP contribution in [-0.4, -0.2) is 13.7 Å². The molecule has 20 heteroatoms. The molecule has 0 saturated carbocycles. The minimum atomic E-state index is -6.25. The van der Waals surface area contributed by atoms with E-state index in [2.05, 4.69) is 0 Å². The molecule has 2 aromatic carbocycles. The molecule has 0 aliphatic heterocycles. The van der Waals surface area contributed by atoms with Gasteiger partial charge in [-0.3, -0.25) is 0 Å². The van der Waals surface area contributed by atoms with E-state index >= 15 is 0 Å². The van der Waals surface area contributed by atoms with Gasteiger partial charge in [-0.2, -0.15) is 0 Å². The monoisotopic (exact) mass is 672 g/mol. The molecule has 0 aliphatic carbocycles. The van der Waals surface area contributed by atoms with Crippen molar-refractivity contribution in [2.75, 3.05) is 0 Å². The fourth-order valence-electron chi connectivity index (χ4n) is 3.00. The zero-order chi connectivity index (χ0) is 30.0. The summed E-state index contributed by atoms with van der Waals surface area (Å²) in [6.45, 7) is 0. The fourth-order valence-corrected chi connectivity index (χ4v) is 8.74. The molecule has 0 aromatic heterocycles. The van der Waals surface area contributed by atoms with Gasteiger partial charge in [0.25, 0.3) is 0 Å². The molecule has 0 bridgehead atoms. The van der Waals surface area contributed by atoms with Crippen molar-refractivity contribution >= 4 is 32.4 Å². The van der Waals surface area contributed by atoms with Gasteiger partial charge in [-0.25, -0.2) is 0 Å². The Morgan fingerprint density at radius 3 is 0.684 bits per heavy atom. The van der Waals surface area contributed by atoms with E-state index < -0.39 is 117 Å². The van der Waals surface area contributed by atoms with Gasteiger partial charge in [0.2, 0.25) is 0 Å². The van der Waals surface area contributed by atoms with Gasteiger partial charge in [0.05, 0.1) is 0 Å². The SMILES string of the molecule is FC(F)(F)c1cc(C(F)(F)F)c([As](Cl)c2c(C(F)(F)F)cc(C(F)(F)F)cc2C(F)(F)F)c(C(F)(F)F)c1. The molecular weight excluding hydrogens is 669 g/mol. The number of halogens is 19. The van der Waals surface area contributed by atoms with Crippen LogP contribution < -0.4 is 8.70 Å². The zero-order valence-electron chi connectivity index (χ0n) is 16.9. The van der Waals surface area contributed by atoms with Crippen LogP contribution in [0.1, 0.15) is 33.4 Å². The summed E-state index contributed by atoms with van der Waals surface area (Å²) in [6, 6.07) is -4.00. The van der Waals surface area contributed by atoms with Crippen LogP contribution in [0.25, 0.3) is 0 Å². The first-order valence-corrected chi connectivity index (χ1v) is 13.2. The topological polar surface area (TPSA) is 0 Å². The van der Waals surface area contributed by atoms with Gasteiger partial charge < -0.3 is 0 Å². The van der Waals surface area contributed by atoms with Gasteiger partial charge in [-0.15, -0.1) is 0 Å². The first-order valence-electron chi connectivity index (χ1n) is 8.83. The summed E-state index contributed by atoms with van der Waals surface area (Å²) in [4.78, 5) is 0. The average molecular weight is 673 g/mol. The van der Waals surface area contributed by atoms with Crippen LogP contribution in [0.2, 0.25) is 0 Å². The average Bonchev–Trinajstić information content (AvgIpc) is 2.67. The van der Waals surface area contributed by atoms with Crippen molar-refractivity contribution in [3.63, 3.8) is 0 Å². The van der Waals surface area contributed by atoms with Crippen LogP contribution in [0.3, 0.4) is 0 Å². The Labute approximate surface area is 206 Å². The van der Waals surface area contributed by atoms with Gasteiger partial charge in [0.15, 0.2) is 0 Å². The van der Waals surface area contributed by atoms with Crippen molar-refractivity contribution in [2.45, 2.75) is 37.1 Å². The summed E-state index contributed by atoms with van der Waals surface area (Å²) < 4.78 is 236. The van der Waals surface area contributed by atoms with Gasteiger partial charge in [-0.1, -0.05) is 0 Å². The molecule has 0 spiro atoms. The number of hydrogen-bond acceptors (Lipinski definition) is 0. The van der Waals surface area contributed by atoms with Crippen LogP contribution in [0.4, 0.5) is 79.0 Å². The van der Waals surface area contributed by atoms with Gasteiger partial charge >= 0.3 is 206 Å². The van der Waals surface area contributed by atoms with Crippen LogP contribution in [0.15, 0.2) is 24.3 Å². The molecule has 0 saturated heterocycles. The Kier molecular flexibility index (Phi) is 8.14. The third-order valence-electron chi connectivity index (χ3n) is 4.49. The molecule has 214 valence electrons. The number of hydrogen-bond donors (Lipinski definition) is 0. The van der Waals surface area contributed by atoms with Gasteiger partial charge in [0.1, 0.15) is 0 Å². The maximum absolute atomic E-state index is 13.6. The summed E-state index contributed by atoms with van der Waals surface area (Å²) in [5, 5.41) is 0. The molecule has 0 unspecified atom stereocenters. The summed E-state index contributed by atoms with van der Waals surface area (Å²) in [5.41, 5.74) is -17.1. The van der Waals surface area contributed by atoms with Crippen LogP contribution >= 0.6 is 9.95 Å². The summed E-state index contributed by atoms with van der Waals surface area (Å²) in [5.74, 6) is 0. The molecule has 0 aliphatic rings. The standard InChI is InChI=1S/C18H4AsClF18/c20-19(11-7(15(27,28)29)1-5(13(21,22)23)2-8(11)16(30,31)32)12-9(17(33,34)35)3-6(14(24,25)26)4-10(12)18(36,37)38/h1-4H. The van der Waals surface area contributed by atoms with Crippen molar-refractivity contribution in [1.29, 1.82) is 0 Å². The van der Waals surface area contributed by atoms with Crippen LogP contribution in [-0.2, 0) is 37.1 Å². The van der Waals surface area contributed by atoms with E-state index in [9.17, 15) is 79.0 Å². The third-order valence-corrected chi connectivity index (χ3v) is 9.91. The molecule has 0 amide bonds. The first kappa shape index (κ1) is 32.2. The third kappa shape index (κ3) is 6.77. The Morgan fingerprint density at radius 2 is 0.553 bits per heavy atom. The number of alkyl halides is 18. The first-order chi connectivity index (χ1) is 16.6. The van der Waals surface area contributed by atoms with Crippen LogP contribution in [0.5, 0.6) is 0 Å². The second kappa shape index (κ2) is 9.59. The van der Waals surface area contributed by atoms with Crippen molar-refractivity contribution < 1.29 is 79.0 Å². The van der Waals surface area contributed by atoms with Crippen molar-refractivity contribution in [3.8, 4) is 0 Å². The Balaban J connectivity index is 3.22. The molecule has 0 nitrogen and oxygen atoms in total. The molecular formula is C18H4AsClF18. The predicted molar refractivity (Wildman–Crippen MR) is 93.8 cm³/mol. The quantitative estimate of drug-likeness (QED) is 0.223. The van der Waals surface area contributed by atoms with Crippen LogP contribution in [0, 0.1) is 0 Å². The molecule has 0 heterocycles. The maximum atomic E-state index is 13.6. The molecule has 2 rings (SSSR count). The molecule has 38 heavy (non-hydrogen) atoms. The second-order valence-corrected chi connectivity index (χ2v) is 11.9. The molecule has 0 radical (unpaired) electrons.